The molecule has 1 N–H and O–H groups in total. The van der Waals surface area contributed by atoms with Gasteiger partial charge in [0, 0.05) is 37.2 Å². The molecule has 0 fully saturated rings. The van der Waals surface area contributed by atoms with Crippen LogP contribution >= 0.6 is 11.3 Å². The summed E-state index contributed by atoms with van der Waals surface area (Å²) in [4.78, 5) is 39.0. The number of rotatable bonds is 8. The molecule has 0 aliphatic carbocycles. The van der Waals surface area contributed by atoms with E-state index in [2.05, 4.69) is 34.6 Å². The van der Waals surface area contributed by atoms with Gasteiger partial charge >= 0.3 is 12.1 Å². The van der Waals surface area contributed by atoms with Crippen LogP contribution in [-0.2, 0) is 19.1 Å². The third-order valence-corrected chi connectivity index (χ3v) is 5.25. The summed E-state index contributed by atoms with van der Waals surface area (Å²) in [7, 11) is 1.57. The van der Waals surface area contributed by atoms with E-state index in [0.29, 0.717) is 18.7 Å². The Morgan fingerprint density at radius 2 is 1.80 bits per heavy atom. The normalized spacial score (nSPS) is 10.5. The molecule has 1 amide bonds. The number of phenolic OH excluding ortho intramolecular Hbond substituents is 1. The van der Waals surface area contributed by atoms with Gasteiger partial charge in [-0.05, 0) is 43.2 Å². The third-order valence-electron chi connectivity index (χ3n) is 4.45. The lowest BCUT2D eigenvalue weighted by Gasteiger charge is -2.18. The molecule has 35 heavy (non-hydrogen) atoms. The van der Waals surface area contributed by atoms with Crippen molar-refractivity contribution in [2.45, 2.75) is 39.9 Å². The number of carbonyl (C=O) groups excluding carboxylic acids is 2. The number of benzene rings is 2. The highest BCUT2D eigenvalue weighted by Gasteiger charge is 2.16. The first-order valence-corrected chi connectivity index (χ1v) is 11.9. The number of nitrogens with zero attached hydrogens (tertiary/aromatic N) is 2. The second-order valence-electron chi connectivity index (χ2n) is 7.19. The number of hydrogen-bond acceptors (Lipinski definition) is 9. The maximum absolute atomic E-state index is 11.3. The van der Waals surface area contributed by atoms with Crippen LogP contribution in [0.3, 0.4) is 0 Å². The van der Waals surface area contributed by atoms with Gasteiger partial charge in [0.25, 0.3) is 0 Å². The highest BCUT2D eigenvalue weighted by atomic mass is 32.1. The van der Waals surface area contributed by atoms with Crippen molar-refractivity contribution >= 4 is 34.2 Å². The van der Waals surface area contributed by atoms with Gasteiger partial charge in [-0.15, -0.1) is 16.2 Å². The van der Waals surface area contributed by atoms with Gasteiger partial charge in [0.15, 0.2) is 5.34 Å². The first-order chi connectivity index (χ1) is 16.8. The lowest BCUT2D eigenvalue weighted by molar-refractivity contribution is -0.166. The summed E-state index contributed by atoms with van der Waals surface area (Å²) in [5.74, 6) is -0.188. The molecule has 0 aliphatic heterocycles. The zero-order valence-corrected chi connectivity index (χ0v) is 21.2. The lowest BCUT2D eigenvalue weighted by atomic mass is 10.1. The van der Waals surface area contributed by atoms with Crippen LogP contribution in [0.2, 0.25) is 0 Å². The van der Waals surface area contributed by atoms with E-state index in [-0.39, 0.29) is 13.0 Å². The van der Waals surface area contributed by atoms with E-state index in [1.54, 1.807) is 31.4 Å². The van der Waals surface area contributed by atoms with E-state index >= 15 is 0 Å². The zero-order valence-electron chi connectivity index (χ0n) is 20.4. The molecular weight excluding hydrogens is 472 g/mol. The SMILES string of the molecule is CCN(C)C(=O)OC(C)OC(=O)CCCON=O.Cc1cccs1.Oc1cccc2ccccc12. The first kappa shape index (κ1) is 29.4. The van der Waals surface area contributed by atoms with E-state index in [0.717, 1.165) is 10.8 Å². The minimum absolute atomic E-state index is 0.0470. The lowest BCUT2D eigenvalue weighted by Crippen LogP contribution is -2.31. The molecule has 1 heterocycles. The number of amides is 1. The summed E-state index contributed by atoms with van der Waals surface area (Å²) in [6, 6.07) is 17.4. The minimum Gasteiger partial charge on any atom is -0.507 e. The molecule has 190 valence electrons. The van der Waals surface area contributed by atoms with Crippen LogP contribution in [0, 0.1) is 11.8 Å². The topological polar surface area (TPSA) is 115 Å². The fraction of sp³-hybridized carbons (Fsp3) is 0.360. The number of fused-ring (bicyclic) bond motifs is 1. The summed E-state index contributed by atoms with van der Waals surface area (Å²) >= 11 is 1.78. The van der Waals surface area contributed by atoms with Gasteiger partial charge in [0.05, 0.1) is 0 Å². The Bertz CT molecular complexity index is 1020. The molecule has 0 saturated carbocycles. The van der Waals surface area contributed by atoms with Crippen molar-refractivity contribution in [2.24, 2.45) is 5.34 Å². The van der Waals surface area contributed by atoms with Crippen molar-refractivity contribution in [1.29, 1.82) is 0 Å². The zero-order chi connectivity index (χ0) is 26.1. The van der Waals surface area contributed by atoms with Crippen LogP contribution in [0.5, 0.6) is 5.75 Å². The summed E-state index contributed by atoms with van der Waals surface area (Å²) in [6.45, 7) is 5.88. The predicted octanol–water partition coefficient (Wildman–Crippen LogP) is 6.04. The highest BCUT2D eigenvalue weighted by molar-refractivity contribution is 7.09. The Kier molecular flexibility index (Phi) is 14.2. The second-order valence-corrected chi connectivity index (χ2v) is 8.34. The van der Waals surface area contributed by atoms with Gasteiger partial charge in [-0.2, -0.15) is 0 Å². The van der Waals surface area contributed by atoms with E-state index in [1.165, 1.54) is 16.7 Å². The van der Waals surface area contributed by atoms with Crippen molar-refractivity contribution in [3.63, 3.8) is 0 Å². The fourth-order valence-electron chi connectivity index (χ4n) is 2.52. The Balaban J connectivity index is 0.000000299. The van der Waals surface area contributed by atoms with Gasteiger partial charge in [-0.25, -0.2) is 4.79 Å². The standard InChI is InChI=1S/C10H18N2O6.C10H8O.C5H6S/c1-4-12(3)10(14)18-8(2)17-9(13)6-5-7-16-11-15;11-10-7-3-5-8-4-1-2-6-9(8)10;1-5-3-2-4-6-5/h8H,4-7H2,1-3H3;1-7,11H;2-4H,1H3. The van der Waals surface area contributed by atoms with Crippen molar-refractivity contribution < 1.29 is 29.0 Å². The molecule has 3 aromatic rings. The van der Waals surface area contributed by atoms with Crippen molar-refractivity contribution in [2.75, 3.05) is 20.2 Å². The summed E-state index contributed by atoms with van der Waals surface area (Å²) in [6.07, 6.45) is -1.16. The van der Waals surface area contributed by atoms with Crippen molar-refractivity contribution in [3.05, 3.63) is 69.8 Å². The van der Waals surface area contributed by atoms with Gasteiger partial charge in [-0.3, -0.25) is 4.79 Å². The van der Waals surface area contributed by atoms with Crippen LogP contribution < -0.4 is 0 Å². The molecule has 0 aliphatic rings. The molecule has 9 nitrogen and oxygen atoms in total. The Morgan fingerprint density at radius 3 is 2.37 bits per heavy atom. The van der Waals surface area contributed by atoms with E-state index in [9.17, 15) is 19.6 Å². The van der Waals surface area contributed by atoms with E-state index in [1.807, 2.05) is 36.4 Å². The molecule has 0 bridgehead atoms. The molecule has 0 spiro atoms. The number of ether oxygens (including phenoxy) is 2. The summed E-state index contributed by atoms with van der Waals surface area (Å²) in [5.41, 5.74) is 0. The highest BCUT2D eigenvalue weighted by Crippen LogP contribution is 2.22. The number of aryl methyl sites for hydroxylation is 1. The van der Waals surface area contributed by atoms with Gasteiger partial charge in [-0.1, -0.05) is 42.5 Å². The molecule has 0 saturated heterocycles. The minimum atomic E-state index is -0.955. The van der Waals surface area contributed by atoms with Crippen LogP contribution in [-0.4, -0.2) is 48.6 Å². The van der Waals surface area contributed by atoms with E-state index < -0.39 is 18.4 Å². The maximum atomic E-state index is 11.3. The molecular formula is C25H32N2O7S. The third kappa shape index (κ3) is 12.4. The van der Waals surface area contributed by atoms with Gasteiger partial charge < -0.3 is 24.3 Å². The Morgan fingerprint density at radius 1 is 1.09 bits per heavy atom. The average molecular weight is 505 g/mol. The monoisotopic (exact) mass is 504 g/mol. The quantitative estimate of drug-likeness (QED) is 0.131. The maximum Gasteiger partial charge on any atom is 0.412 e. The Labute approximate surface area is 209 Å². The first-order valence-electron chi connectivity index (χ1n) is 11.0. The largest absolute Gasteiger partial charge is 0.507 e. The number of aromatic hydroxyl groups is 1. The second kappa shape index (κ2) is 16.9. The molecule has 10 heteroatoms. The fourth-order valence-corrected chi connectivity index (χ4v) is 3.05. The van der Waals surface area contributed by atoms with Crippen LogP contribution in [0.25, 0.3) is 10.8 Å². The van der Waals surface area contributed by atoms with E-state index in [4.69, 9.17) is 9.47 Å². The van der Waals surface area contributed by atoms with Gasteiger partial charge in [0.2, 0.25) is 6.29 Å². The molecule has 1 unspecified atom stereocenters. The molecule has 0 radical (unpaired) electrons. The van der Waals surface area contributed by atoms with Crippen LogP contribution in [0.15, 0.2) is 65.3 Å². The predicted molar refractivity (Wildman–Crippen MR) is 136 cm³/mol. The molecule has 2 aromatic carbocycles. The summed E-state index contributed by atoms with van der Waals surface area (Å²) < 4.78 is 9.67. The van der Waals surface area contributed by atoms with Crippen molar-refractivity contribution in [1.82, 2.24) is 4.90 Å². The Hall–Kier alpha value is -3.66. The number of hydrogen-bond donors (Lipinski definition) is 1. The molecule has 3 rings (SSSR count). The van der Waals surface area contributed by atoms with Crippen LogP contribution in [0.1, 0.15) is 31.6 Å². The number of thiophene rings is 1. The van der Waals surface area contributed by atoms with Crippen molar-refractivity contribution in [3.8, 4) is 5.75 Å². The summed E-state index contributed by atoms with van der Waals surface area (Å²) in [5, 5.41) is 15.6. The average Bonchev–Trinajstić information content (AvgIpc) is 3.33. The number of carbonyl (C=O) groups is 2. The van der Waals surface area contributed by atoms with Gasteiger partial charge in [0.1, 0.15) is 12.4 Å². The number of phenols is 1. The molecule has 1 aromatic heterocycles. The van der Waals surface area contributed by atoms with Crippen LogP contribution in [0.4, 0.5) is 4.79 Å². The smallest absolute Gasteiger partial charge is 0.412 e. The number of esters is 1. The molecule has 1 atom stereocenters.